The van der Waals surface area contributed by atoms with Crippen LogP contribution >= 0.6 is 0 Å². The molecule has 0 spiro atoms. The number of anilines is 2. The molecule has 6 heteroatoms. The first-order valence-corrected chi connectivity index (χ1v) is 9.81. The van der Waals surface area contributed by atoms with E-state index in [2.05, 4.69) is 45.0 Å². The van der Waals surface area contributed by atoms with Crippen LogP contribution < -0.4 is 9.64 Å². The number of methoxy groups -OCH3 is 1. The van der Waals surface area contributed by atoms with Crippen molar-refractivity contribution in [1.82, 2.24) is 19.9 Å². The first-order chi connectivity index (χ1) is 14.8. The maximum atomic E-state index is 5.59. The summed E-state index contributed by atoms with van der Waals surface area (Å²) in [5.41, 5.74) is 4.82. The van der Waals surface area contributed by atoms with E-state index < -0.39 is 0 Å². The molecule has 0 amide bonds. The van der Waals surface area contributed by atoms with E-state index in [0.29, 0.717) is 0 Å². The molecule has 30 heavy (non-hydrogen) atoms. The van der Waals surface area contributed by atoms with Crippen LogP contribution in [0.2, 0.25) is 0 Å². The predicted molar refractivity (Wildman–Crippen MR) is 119 cm³/mol. The number of hydrogen-bond donors (Lipinski definition) is 1. The third kappa shape index (κ3) is 2.93. The van der Waals surface area contributed by atoms with Gasteiger partial charge in [0.1, 0.15) is 23.1 Å². The molecule has 148 valence electrons. The fourth-order valence-electron chi connectivity index (χ4n) is 3.94. The number of para-hydroxylation sites is 1. The van der Waals surface area contributed by atoms with Gasteiger partial charge >= 0.3 is 0 Å². The third-order valence-corrected chi connectivity index (χ3v) is 5.39. The quantitative estimate of drug-likeness (QED) is 0.431. The average molecular weight is 395 g/mol. The number of pyridine rings is 1. The first kappa shape index (κ1) is 18.1. The van der Waals surface area contributed by atoms with Gasteiger partial charge in [-0.05, 0) is 42.8 Å². The van der Waals surface area contributed by atoms with Crippen molar-refractivity contribution in [3.8, 4) is 5.75 Å². The maximum absolute atomic E-state index is 5.59. The van der Waals surface area contributed by atoms with E-state index >= 15 is 0 Å². The van der Waals surface area contributed by atoms with Gasteiger partial charge in [0.05, 0.1) is 24.1 Å². The van der Waals surface area contributed by atoms with Crippen molar-refractivity contribution < 1.29 is 4.74 Å². The number of nitrogens with one attached hydrogen (secondary N) is 1. The molecular formula is C24H21N5O. The summed E-state index contributed by atoms with van der Waals surface area (Å²) < 4.78 is 5.59. The fourth-order valence-corrected chi connectivity index (χ4v) is 3.94. The van der Waals surface area contributed by atoms with Gasteiger partial charge in [0.2, 0.25) is 0 Å². The molecule has 3 aromatic heterocycles. The Morgan fingerprint density at radius 1 is 0.967 bits per heavy atom. The molecule has 6 nitrogen and oxygen atoms in total. The molecule has 0 bridgehead atoms. The van der Waals surface area contributed by atoms with Gasteiger partial charge in [0.15, 0.2) is 5.82 Å². The molecular weight excluding hydrogens is 374 g/mol. The van der Waals surface area contributed by atoms with Crippen molar-refractivity contribution in [3.05, 3.63) is 84.9 Å². The lowest BCUT2D eigenvalue weighted by Gasteiger charge is -2.30. The molecule has 1 atom stereocenters. The van der Waals surface area contributed by atoms with Gasteiger partial charge in [-0.1, -0.05) is 30.3 Å². The smallest absolute Gasteiger partial charge is 0.161 e. The van der Waals surface area contributed by atoms with Gasteiger partial charge < -0.3 is 14.6 Å². The Morgan fingerprint density at radius 3 is 2.60 bits per heavy atom. The molecule has 0 aliphatic carbocycles. The number of fused-ring (bicyclic) bond motifs is 3. The first-order valence-electron chi connectivity index (χ1n) is 9.81. The number of nitrogens with zero attached hydrogens (tertiary/aromatic N) is 4. The van der Waals surface area contributed by atoms with E-state index in [0.717, 1.165) is 44.8 Å². The Morgan fingerprint density at radius 2 is 1.83 bits per heavy atom. The second kappa shape index (κ2) is 7.48. The molecule has 0 aliphatic rings. The van der Waals surface area contributed by atoms with Crippen molar-refractivity contribution in [2.75, 3.05) is 12.0 Å². The average Bonchev–Trinajstić information content (AvgIpc) is 3.20. The van der Waals surface area contributed by atoms with Gasteiger partial charge in [0, 0.05) is 18.1 Å². The second-order valence-corrected chi connectivity index (χ2v) is 7.10. The highest BCUT2D eigenvalue weighted by Crippen LogP contribution is 2.40. The summed E-state index contributed by atoms with van der Waals surface area (Å²) in [6, 6.07) is 20.2. The van der Waals surface area contributed by atoms with Gasteiger partial charge in [-0.25, -0.2) is 9.97 Å². The number of benzene rings is 2. The number of hydrogen-bond acceptors (Lipinski definition) is 5. The summed E-state index contributed by atoms with van der Waals surface area (Å²) in [5.74, 6) is 1.59. The van der Waals surface area contributed by atoms with Crippen LogP contribution in [0.4, 0.5) is 11.5 Å². The van der Waals surface area contributed by atoms with Crippen LogP contribution in [-0.2, 0) is 0 Å². The molecule has 0 saturated heterocycles. The van der Waals surface area contributed by atoms with Crippen molar-refractivity contribution in [3.63, 3.8) is 0 Å². The molecule has 5 rings (SSSR count). The second-order valence-electron chi connectivity index (χ2n) is 7.10. The summed E-state index contributed by atoms with van der Waals surface area (Å²) in [4.78, 5) is 19.3. The Labute approximate surface area is 174 Å². The van der Waals surface area contributed by atoms with Crippen LogP contribution in [0.25, 0.3) is 21.9 Å². The Hall–Kier alpha value is -3.93. The molecule has 0 fully saturated rings. The molecule has 1 N–H and O–H groups in total. The van der Waals surface area contributed by atoms with Gasteiger partial charge in [-0.15, -0.1) is 0 Å². The summed E-state index contributed by atoms with van der Waals surface area (Å²) in [6.45, 7) is 2.15. The normalized spacial score (nSPS) is 12.2. The Balaban J connectivity index is 1.77. The number of ether oxygens (including phenoxy) is 1. The standard InChI is InChI=1S/C24H21N5O/c1-16(17-8-7-13-25-14-17)29(18-9-4-3-5-10-18)24-23-22(26-15-27-24)21-19(28-23)11-6-12-20(21)30-2/h3-16,28H,1-2H3. The van der Waals surface area contributed by atoms with Crippen molar-refractivity contribution in [2.45, 2.75) is 13.0 Å². The van der Waals surface area contributed by atoms with E-state index in [9.17, 15) is 0 Å². The lowest BCUT2D eigenvalue weighted by molar-refractivity contribution is 0.420. The van der Waals surface area contributed by atoms with Crippen LogP contribution in [0.5, 0.6) is 5.75 Å². The van der Waals surface area contributed by atoms with Gasteiger partial charge in [-0.3, -0.25) is 4.98 Å². The zero-order valence-corrected chi connectivity index (χ0v) is 16.8. The van der Waals surface area contributed by atoms with Gasteiger partial charge in [-0.2, -0.15) is 0 Å². The largest absolute Gasteiger partial charge is 0.496 e. The Bertz CT molecular complexity index is 1300. The monoisotopic (exact) mass is 395 g/mol. The fraction of sp³-hybridized carbons (Fsp3) is 0.125. The van der Waals surface area contributed by atoms with Crippen LogP contribution in [0.15, 0.2) is 79.4 Å². The minimum Gasteiger partial charge on any atom is -0.496 e. The van der Waals surface area contributed by atoms with Crippen LogP contribution in [0.3, 0.4) is 0 Å². The van der Waals surface area contributed by atoms with Gasteiger partial charge in [0.25, 0.3) is 0 Å². The van der Waals surface area contributed by atoms with E-state index in [1.165, 1.54) is 0 Å². The van der Waals surface area contributed by atoms with Crippen LogP contribution in [0.1, 0.15) is 18.5 Å². The zero-order chi connectivity index (χ0) is 20.5. The number of rotatable bonds is 5. The van der Waals surface area contributed by atoms with E-state index in [1.54, 1.807) is 19.6 Å². The molecule has 0 saturated carbocycles. The number of aromatic nitrogens is 4. The lowest BCUT2D eigenvalue weighted by Crippen LogP contribution is -2.23. The zero-order valence-electron chi connectivity index (χ0n) is 16.8. The highest BCUT2D eigenvalue weighted by Gasteiger charge is 2.24. The molecule has 1 unspecified atom stereocenters. The van der Waals surface area contributed by atoms with Crippen molar-refractivity contribution in [2.24, 2.45) is 0 Å². The highest BCUT2D eigenvalue weighted by molar-refractivity contribution is 6.11. The highest BCUT2D eigenvalue weighted by atomic mass is 16.5. The van der Waals surface area contributed by atoms with E-state index in [4.69, 9.17) is 9.72 Å². The minimum absolute atomic E-state index is 0.00695. The number of H-pyrrole nitrogens is 1. The molecule has 0 aliphatic heterocycles. The maximum Gasteiger partial charge on any atom is 0.161 e. The molecule has 5 aromatic rings. The topological polar surface area (TPSA) is 66.9 Å². The van der Waals surface area contributed by atoms with E-state index in [1.807, 2.05) is 48.7 Å². The van der Waals surface area contributed by atoms with Crippen molar-refractivity contribution >= 4 is 33.4 Å². The van der Waals surface area contributed by atoms with Crippen LogP contribution in [0, 0.1) is 0 Å². The lowest BCUT2D eigenvalue weighted by atomic mass is 10.1. The summed E-state index contributed by atoms with van der Waals surface area (Å²) >= 11 is 0. The molecule has 0 radical (unpaired) electrons. The van der Waals surface area contributed by atoms with Crippen molar-refractivity contribution in [1.29, 1.82) is 0 Å². The molecule has 3 heterocycles. The SMILES string of the molecule is COc1cccc2[nH]c3c(N(c4ccccc4)C(C)c4cccnc4)ncnc3c12. The number of aromatic amines is 1. The predicted octanol–water partition coefficient (Wildman–Crippen LogP) is 5.41. The Kier molecular flexibility index (Phi) is 4.52. The van der Waals surface area contributed by atoms with E-state index in [-0.39, 0.29) is 6.04 Å². The van der Waals surface area contributed by atoms with Crippen LogP contribution in [-0.4, -0.2) is 27.0 Å². The summed E-state index contributed by atoms with van der Waals surface area (Å²) in [7, 11) is 1.68. The summed E-state index contributed by atoms with van der Waals surface area (Å²) in [6.07, 6.45) is 5.30. The molecule has 2 aromatic carbocycles. The summed E-state index contributed by atoms with van der Waals surface area (Å²) in [5, 5.41) is 0.959. The minimum atomic E-state index is 0.00695. The third-order valence-electron chi connectivity index (χ3n) is 5.39.